The van der Waals surface area contributed by atoms with Crippen LogP contribution in [0.25, 0.3) is 0 Å². The Morgan fingerprint density at radius 3 is 3.18 bits per heavy atom. The summed E-state index contributed by atoms with van der Waals surface area (Å²) in [5.41, 5.74) is 0. The average Bonchev–Trinajstić information content (AvgIpc) is 2.37. The Labute approximate surface area is 70.8 Å². The lowest BCUT2D eigenvalue weighted by atomic mass is 10.3. The van der Waals surface area contributed by atoms with Gasteiger partial charge in [-0.15, -0.1) is 0 Å². The van der Waals surface area contributed by atoms with Crippen molar-refractivity contribution in [1.29, 1.82) is 0 Å². The van der Waals surface area contributed by atoms with Gasteiger partial charge in [0.15, 0.2) is 6.10 Å². The second kappa shape index (κ2) is 4.28. The first-order valence-corrected chi connectivity index (χ1v) is 4.06. The van der Waals surface area contributed by atoms with E-state index in [9.17, 15) is 4.79 Å². The van der Waals surface area contributed by atoms with E-state index in [0.29, 0.717) is 18.8 Å². The van der Waals surface area contributed by atoms with Gasteiger partial charge in [0.2, 0.25) is 0 Å². The zero-order valence-electron chi connectivity index (χ0n) is 6.03. The largest absolute Gasteiger partial charge is 0.486 e. The third-order valence-electron chi connectivity index (χ3n) is 1.33. The summed E-state index contributed by atoms with van der Waals surface area (Å²) in [6.45, 7) is 0.470. The Kier molecular flexibility index (Phi) is 3.29. The first-order chi connectivity index (χ1) is 5.34. The van der Waals surface area contributed by atoms with Crippen molar-refractivity contribution in [3.05, 3.63) is 12.3 Å². The van der Waals surface area contributed by atoms with Crippen molar-refractivity contribution < 1.29 is 14.3 Å². The maximum absolute atomic E-state index is 10.8. The molecule has 0 unspecified atom stereocenters. The van der Waals surface area contributed by atoms with Crippen LogP contribution in [-0.4, -0.2) is 24.4 Å². The van der Waals surface area contributed by atoms with Crippen molar-refractivity contribution in [3.8, 4) is 0 Å². The Balaban J connectivity index is 2.25. The monoisotopic (exact) mass is 174 g/mol. The molecule has 0 aliphatic carbocycles. The maximum atomic E-state index is 10.8. The number of esters is 1. The molecule has 62 valence electrons. The van der Waals surface area contributed by atoms with Crippen molar-refractivity contribution in [1.82, 2.24) is 0 Å². The van der Waals surface area contributed by atoms with E-state index in [-0.39, 0.29) is 5.97 Å². The van der Waals surface area contributed by atoms with E-state index in [4.69, 9.17) is 4.74 Å². The summed E-state index contributed by atoms with van der Waals surface area (Å²) in [7, 11) is 0. The third kappa shape index (κ3) is 2.46. The second-order valence-corrected chi connectivity index (χ2v) is 2.50. The first-order valence-electron chi connectivity index (χ1n) is 3.42. The lowest BCUT2D eigenvalue weighted by molar-refractivity contribution is -0.144. The van der Waals surface area contributed by atoms with E-state index in [0.717, 1.165) is 0 Å². The predicted molar refractivity (Wildman–Crippen MR) is 43.4 cm³/mol. The van der Waals surface area contributed by atoms with Crippen LogP contribution >= 0.6 is 12.6 Å². The molecule has 0 amide bonds. The number of ether oxygens (including phenoxy) is 2. The molecule has 1 aliphatic heterocycles. The molecule has 1 aliphatic rings. The average molecular weight is 174 g/mol. The first kappa shape index (κ1) is 8.46. The summed E-state index contributed by atoms with van der Waals surface area (Å²) >= 11 is 3.94. The molecule has 0 N–H and O–H groups in total. The molecule has 1 heterocycles. The standard InChI is InChI=1S/C7H10O3S/c8-7-6(2-4-10-7)9-3-1-5-11/h1,3,6,11H,2,4-5H2/t6-/m1/s1. The predicted octanol–water partition coefficient (Wildman–Crippen LogP) is 0.762. The number of hydrogen-bond acceptors (Lipinski definition) is 4. The summed E-state index contributed by atoms with van der Waals surface area (Å²) in [5, 5.41) is 0. The van der Waals surface area contributed by atoms with Gasteiger partial charge >= 0.3 is 5.97 Å². The van der Waals surface area contributed by atoms with Gasteiger partial charge in [-0.2, -0.15) is 12.6 Å². The molecule has 0 aromatic carbocycles. The molecule has 1 fully saturated rings. The summed E-state index contributed by atoms with van der Waals surface area (Å²) in [6.07, 6.45) is 3.47. The molecule has 0 aromatic heterocycles. The summed E-state index contributed by atoms with van der Waals surface area (Å²) in [4.78, 5) is 10.8. The Hall–Kier alpha value is -0.640. The summed E-state index contributed by atoms with van der Waals surface area (Å²) < 4.78 is 9.73. The highest BCUT2D eigenvalue weighted by Gasteiger charge is 2.26. The van der Waals surface area contributed by atoms with Gasteiger partial charge in [-0.25, -0.2) is 4.79 Å². The Morgan fingerprint density at radius 2 is 2.64 bits per heavy atom. The minimum absolute atomic E-state index is 0.270. The lowest BCUT2D eigenvalue weighted by Gasteiger charge is -2.02. The number of rotatable bonds is 3. The van der Waals surface area contributed by atoms with E-state index >= 15 is 0 Å². The van der Waals surface area contributed by atoms with E-state index < -0.39 is 6.10 Å². The molecule has 3 nitrogen and oxygen atoms in total. The van der Waals surface area contributed by atoms with Crippen molar-refractivity contribution in [2.45, 2.75) is 12.5 Å². The van der Waals surface area contributed by atoms with Crippen molar-refractivity contribution in [2.24, 2.45) is 0 Å². The van der Waals surface area contributed by atoms with Crippen LogP contribution in [0.3, 0.4) is 0 Å². The van der Waals surface area contributed by atoms with E-state index in [2.05, 4.69) is 17.4 Å². The topological polar surface area (TPSA) is 35.5 Å². The third-order valence-corrected chi connectivity index (χ3v) is 1.54. The fraction of sp³-hybridized carbons (Fsp3) is 0.571. The van der Waals surface area contributed by atoms with Gasteiger partial charge in [0.25, 0.3) is 0 Å². The van der Waals surface area contributed by atoms with Crippen molar-refractivity contribution in [3.63, 3.8) is 0 Å². The SMILES string of the molecule is O=C1OCC[C@H]1OC=CCS. The van der Waals surface area contributed by atoms with Gasteiger partial charge in [0.05, 0.1) is 12.9 Å². The molecule has 1 rings (SSSR count). The van der Waals surface area contributed by atoms with Gasteiger partial charge < -0.3 is 9.47 Å². The number of cyclic esters (lactones) is 1. The molecule has 0 bridgehead atoms. The Bertz CT molecular complexity index is 167. The molecule has 0 radical (unpaired) electrons. The van der Waals surface area contributed by atoms with Crippen LogP contribution in [0.4, 0.5) is 0 Å². The highest BCUT2D eigenvalue weighted by atomic mass is 32.1. The highest BCUT2D eigenvalue weighted by molar-refractivity contribution is 7.80. The van der Waals surface area contributed by atoms with E-state index in [1.54, 1.807) is 6.08 Å². The van der Waals surface area contributed by atoms with Crippen molar-refractivity contribution >= 4 is 18.6 Å². The van der Waals surface area contributed by atoms with Crippen LogP contribution in [0.5, 0.6) is 0 Å². The van der Waals surface area contributed by atoms with Gasteiger partial charge in [0, 0.05) is 12.2 Å². The van der Waals surface area contributed by atoms with Crippen LogP contribution in [0.1, 0.15) is 6.42 Å². The molecule has 11 heavy (non-hydrogen) atoms. The van der Waals surface area contributed by atoms with Gasteiger partial charge in [-0.05, 0) is 6.08 Å². The van der Waals surface area contributed by atoms with Crippen LogP contribution in [0, 0.1) is 0 Å². The number of thiol groups is 1. The van der Waals surface area contributed by atoms with E-state index in [1.165, 1.54) is 6.26 Å². The van der Waals surface area contributed by atoms with Crippen LogP contribution in [-0.2, 0) is 14.3 Å². The summed E-state index contributed by atoms with van der Waals surface area (Å²) in [5.74, 6) is 0.343. The molecular formula is C7H10O3S. The quantitative estimate of drug-likeness (QED) is 0.390. The van der Waals surface area contributed by atoms with Crippen LogP contribution in [0.15, 0.2) is 12.3 Å². The smallest absolute Gasteiger partial charge is 0.347 e. The normalized spacial score (nSPS) is 24.1. The molecule has 0 spiro atoms. The highest BCUT2D eigenvalue weighted by Crippen LogP contribution is 2.09. The van der Waals surface area contributed by atoms with Gasteiger partial charge in [0.1, 0.15) is 0 Å². The molecule has 4 heteroatoms. The van der Waals surface area contributed by atoms with Crippen LogP contribution < -0.4 is 0 Å². The molecule has 0 saturated carbocycles. The molecular weight excluding hydrogens is 164 g/mol. The summed E-state index contributed by atoms with van der Waals surface area (Å²) in [6, 6.07) is 0. The lowest BCUT2D eigenvalue weighted by Crippen LogP contribution is -2.15. The van der Waals surface area contributed by atoms with Gasteiger partial charge in [-0.3, -0.25) is 0 Å². The molecule has 0 aromatic rings. The number of hydrogen-bond donors (Lipinski definition) is 1. The van der Waals surface area contributed by atoms with Crippen molar-refractivity contribution in [2.75, 3.05) is 12.4 Å². The Morgan fingerprint density at radius 1 is 1.82 bits per heavy atom. The number of carbonyl (C=O) groups is 1. The maximum Gasteiger partial charge on any atom is 0.347 e. The fourth-order valence-electron chi connectivity index (χ4n) is 0.794. The second-order valence-electron chi connectivity index (χ2n) is 2.14. The minimum Gasteiger partial charge on any atom is -0.486 e. The van der Waals surface area contributed by atoms with Crippen LogP contribution in [0.2, 0.25) is 0 Å². The zero-order chi connectivity index (χ0) is 8.10. The number of carbonyl (C=O) groups excluding carboxylic acids is 1. The zero-order valence-corrected chi connectivity index (χ0v) is 6.92. The molecule has 1 atom stereocenters. The minimum atomic E-state index is -0.397. The fourth-order valence-corrected chi connectivity index (χ4v) is 0.880. The van der Waals surface area contributed by atoms with E-state index in [1.807, 2.05) is 0 Å². The molecule has 1 saturated heterocycles. The van der Waals surface area contributed by atoms with Gasteiger partial charge in [-0.1, -0.05) is 0 Å².